The monoisotopic (exact) mass is 644 g/mol. The molecule has 0 saturated carbocycles. The molecule has 0 aromatic heterocycles. The molecule has 4 aromatic carbocycles. The summed E-state index contributed by atoms with van der Waals surface area (Å²) in [6.07, 6.45) is 2.09. The molecule has 0 unspecified atom stereocenters. The Morgan fingerprint density at radius 1 is 0.367 bits per heavy atom. The predicted molar refractivity (Wildman–Crippen MR) is 140 cm³/mol. The largest absolute Gasteiger partial charge is 0.0530 e. The molecule has 0 aliphatic heterocycles. The summed E-state index contributed by atoms with van der Waals surface area (Å²) in [6, 6.07) is 26.0. The first-order valence-corrected chi connectivity index (χ1v) is 12.8. The van der Waals surface area contributed by atoms with Gasteiger partial charge in [-0.3, -0.25) is 0 Å². The molecule has 30 heavy (non-hydrogen) atoms. The van der Waals surface area contributed by atoms with Crippen LogP contribution < -0.4 is 0 Å². The Bertz CT molecular complexity index is 1090. The molecular weight excluding hydrogens is 632 g/mol. The van der Waals surface area contributed by atoms with Gasteiger partial charge in [-0.15, -0.1) is 0 Å². The van der Waals surface area contributed by atoms with E-state index in [9.17, 15) is 0 Å². The highest BCUT2D eigenvalue weighted by Crippen LogP contribution is 2.40. The van der Waals surface area contributed by atoms with Crippen molar-refractivity contribution >= 4 is 63.7 Å². The molecule has 0 spiro atoms. The molecule has 0 radical (unpaired) electrons. The van der Waals surface area contributed by atoms with Crippen LogP contribution in [0.2, 0.25) is 0 Å². The lowest BCUT2D eigenvalue weighted by Gasteiger charge is -2.00. The van der Waals surface area contributed by atoms with E-state index in [0.717, 1.165) is 30.7 Å². The summed E-state index contributed by atoms with van der Waals surface area (Å²) in [6.45, 7) is 0. The van der Waals surface area contributed by atoms with Crippen LogP contribution in [0.1, 0.15) is 22.3 Å². The highest BCUT2D eigenvalue weighted by Gasteiger charge is 2.19. The van der Waals surface area contributed by atoms with E-state index in [1.807, 2.05) is 0 Å². The summed E-state index contributed by atoms with van der Waals surface area (Å²) in [5, 5.41) is 0. The van der Waals surface area contributed by atoms with Crippen molar-refractivity contribution in [1.29, 1.82) is 0 Å². The molecule has 148 valence electrons. The summed E-state index contributed by atoms with van der Waals surface area (Å²) in [4.78, 5) is 0. The van der Waals surface area contributed by atoms with Gasteiger partial charge in [0.1, 0.15) is 0 Å². The average Bonchev–Trinajstić information content (AvgIpc) is 3.23. The van der Waals surface area contributed by atoms with Gasteiger partial charge >= 0.3 is 0 Å². The Morgan fingerprint density at radius 3 is 0.833 bits per heavy atom. The average molecular weight is 648 g/mol. The molecule has 2 aliphatic carbocycles. The van der Waals surface area contributed by atoms with Crippen molar-refractivity contribution in [3.63, 3.8) is 0 Å². The molecule has 0 N–H and O–H groups in total. The van der Waals surface area contributed by atoms with Gasteiger partial charge in [0, 0.05) is 17.9 Å². The Kier molecular flexibility index (Phi) is 5.78. The maximum absolute atomic E-state index is 3.51. The molecule has 0 nitrogen and oxygen atoms in total. The van der Waals surface area contributed by atoms with E-state index in [2.05, 4.69) is 137 Å². The van der Waals surface area contributed by atoms with Crippen molar-refractivity contribution in [2.75, 3.05) is 0 Å². The van der Waals surface area contributed by atoms with Gasteiger partial charge in [0.05, 0.1) is 0 Å². The zero-order chi connectivity index (χ0) is 20.8. The maximum Gasteiger partial charge on any atom is 0.0178 e. The third-order valence-electron chi connectivity index (χ3n) is 5.61. The van der Waals surface area contributed by atoms with Crippen LogP contribution in [-0.4, -0.2) is 0 Å². The van der Waals surface area contributed by atoms with E-state index in [1.165, 1.54) is 44.5 Å². The minimum atomic E-state index is 1.05. The number of halogens is 4. The first-order valence-electron chi connectivity index (χ1n) is 9.62. The fraction of sp³-hybridized carbons (Fsp3) is 0.0769. The van der Waals surface area contributed by atoms with E-state index in [4.69, 9.17) is 0 Å². The number of hydrogen-bond donors (Lipinski definition) is 0. The first kappa shape index (κ1) is 20.7. The summed E-state index contributed by atoms with van der Waals surface area (Å²) < 4.78 is 4.64. The highest BCUT2D eigenvalue weighted by atomic mass is 79.9. The van der Waals surface area contributed by atoms with Crippen LogP contribution in [0.3, 0.4) is 0 Å². The topological polar surface area (TPSA) is 0 Å². The third-order valence-corrected chi connectivity index (χ3v) is 7.58. The van der Waals surface area contributed by atoms with Crippen LogP contribution in [0.15, 0.2) is 90.7 Å². The van der Waals surface area contributed by atoms with Gasteiger partial charge in [0.15, 0.2) is 0 Å². The molecule has 4 aromatic rings. The standard InChI is InChI=1S/2C13H8Br2/c2*14-10-1-3-12-8(6-10)5-9-7-11(15)2-4-13(9)12/h2*1-4,6-7H,5H2. The summed E-state index contributed by atoms with van der Waals surface area (Å²) >= 11 is 14.1. The molecular formula is C26H16Br4. The van der Waals surface area contributed by atoms with Crippen molar-refractivity contribution in [3.05, 3.63) is 113 Å². The molecule has 0 atom stereocenters. The lowest BCUT2D eigenvalue weighted by molar-refractivity contribution is 1.25. The van der Waals surface area contributed by atoms with Gasteiger partial charge in [0.2, 0.25) is 0 Å². The molecule has 0 amide bonds. The summed E-state index contributed by atoms with van der Waals surface area (Å²) in [5.74, 6) is 0. The normalized spacial score (nSPS) is 12.4. The zero-order valence-corrected chi connectivity index (χ0v) is 22.2. The molecule has 0 bridgehead atoms. The van der Waals surface area contributed by atoms with Crippen LogP contribution in [0.4, 0.5) is 0 Å². The van der Waals surface area contributed by atoms with Crippen molar-refractivity contribution in [3.8, 4) is 22.3 Å². The number of rotatable bonds is 0. The molecule has 0 fully saturated rings. The predicted octanol–water partition coefficient (Wildman–Crippen LogP) is 9.57. The van der Waals surface area contributed by atoms with Crippen LogP contribution >= 0.6 is 63.7 Å². The van der Waals surface area contributed by atoms with E-state index in [0.29, 0.717) is 0 Å². The van der Waals surface area contributed by atoms with Gasteiger partial charge in [-0.25, -0.2) is 0 Å². The molecule has 2 aliphatic rings. The van der Waals surface area contributed by atoms with Crippen molar-refractivity contribution in [2.24, 2.45) is 0 Å². The van der Waals surface area contributed by atoms with Gasteiger partial charge < -0.3 is 0 Å². The number of hydrogen-bond acceptors (Lipinski definition) is 0. The lowest BCUT2D eigenvalue weighted by Crippen LogP contribution is -1.79. The Morgan fingerprint density at radius 2 is 0.600 bits per heavy atom. The van der Waals surface area contributed by atoms with E-state index < -0.39 is 0 Å². The summed E-state index contributed by atoms with van der Waals surface area (Å²) in [5.41, 5.74) is 11.2. The second kappa shape index (κ2) is 8.38. The molecule has 0 saturated heterocycles. The van der Waals surface area contributed by atoms with E-state index in [-0.39, 0.29) is 0 Å². The summed E-state index contributed by atoms with van der Waals surface area (Å²) in [7, 11) is 0. The van der Waals surface area contributed by atoms with E-state index >= 15 is 0 Å². The van der Waals surface area contributed by atoms with Gasteiger partial charge in [-0.2, -0.15) is 0 Å². The lowest BCUT2D eigenvalue weighted by atomic mass is 10.1. The first-order chi connectivity index (χ1) is 14.5. The Balaban J connectivity index is 0.000000128. The minimum Gasteiger partial charge on any atom is -0.0530 e. The van der Waals surface area contributed by atoms with Crippen molar-refractivity contribution in [1.82, 2.24) is 0 Å². The third kappa shape index (κ3) is 4.00. The molecule has 4 heteroatoms. The number of fused-ring (bicyclic) bond motifs is 6. The zero-order valence-electron chi connectivity index (χ0n) is 15.9. The molecule has 6 rings (SSSR count). The maximum atomic E-state index is 3.51. The van der Waals surface area contributed by atoms with Crippen molar-refractivity contribution < 1.29 is 0 Å². The van der Waals surface area contributed by atoms with Gasteiger partial charge in [-0.1, -0.05) is 88.0 Å². The minimum absolute atomic E-state index is 1.05. The fourth-order valence-corrected chi connectivity index (χ4v) is 5.93. The van der Waals surface area contributed by atoms with Crippen LogP contribution in [0.25, 0.3) is 22.3 Å². The second-order valence-electron chi connectivity index (χ2n) is 7.56. The van der Waals surface area contributed by atoms with Crippen molar-refractivity contribution in [2.45, 2.75) is 12.8 Å². The Hall–Kier alpha value is -1.20. The van der Waals surface area contributed by atoms with Gasteiger partial charge in [0.25, 0.3) is 0 Å². The molecule has 0 heterocycles. The highest BCUT2D eigenvalue weighted by molar-refractivity contribution is 9.11. The van der Waals surface area contributed by atoms with Crippen LogP contribution in [0, 0.1) is 0 Å². The fourth-order valence-electron chi connectivity index (χ4n) is 4.30. The van der Waals surface area contributed by atoms with E-state index in [1.54, 1.807) is 0 Å². The second-order valence-corrected chi connectivity index (χ2v) is 11.2. The number of benzene rings is 4. The quantitative estimate of drug-likeness (QED) is 0.154. The van der Waals surface area contributed by atoms with Gasteiger partial charge in [-0.05, 0) is 106 Å². The SMILES string of the molecule is Brc1ccc2c(c1)Cc1cc(Br)ccc1-2.Brc1ccc2c(c1)Cc1cc(Br)ccc1-2. The smallest absolute Gasteiger partial charge is 0.0178 e. The van der Waals surface area contributed by atoms with Crippen LogP contribution in [0.5, 0.6) is 0 Å². The Labute approximate surface area is 210 Å². The van der Waals surface area contributed by atoms with Crippen LogP contribution in [-0.2, 0) is 12.8 Å².